The zero-order valence-electron chi connectivity index (χ0n) is 23.8. The Bertz CT molecular complexity index is 1480. The lowest BCUT2D eigenvalue weighted by molar-refractivity contribution is -0.114. The fraction of sp³-hybridized carbons (Fsp3) is 0.281. The van der Waals surface area contributed by atoms with Crippen LogP contribution in [0, 0.1) is 12.8 Å². The van der Waals surface area contributed by atoms with E-state index in [4.69, 9.17) is 9.97 Å². The topological polar surface area (TPSA) is 107 Å². The van der Waals surface area contributed by atoms with Gasteiger partial charge in [-0.1, -0.05) is 60.2 Å². The van der Waals surface area contributed by atoms with Gasteiger partial charge in [0.05, 0.1) is 5.71 Å². The molecule has 9 nitrogen and oxygen atoms in total. The zero-order chi connectivity index (χ0) is 28.6. The molecule has 0 aliphatic carbocycles. The Morgan fingerprint density at radius 2 is 1.51 bits per heavy atom. The second-order valence-corrected chi connectivity index (χ2v) is 10.5. The molecule has 1 aliphatic heterocycles. The van der Waals surface area contributed by atoms with Crippen LogP contribution in [0.25, 0.3) is 0 Å². The summed E-state index contributed by atoms with van der Waals surface area (Å²) in [6.45, 7) is 7.22. The Morgan fingerprint density at radius 3 is 2.20 bits per heavy atom. The van der Waals surface area contributed by atoms with Gasteiger partial charge in [0.15, 0.2) is 0 Å². The Labute approximate surface area is 241 Å². The van der Waals surface area contributed by atoms with E-state index in [0.29, 0.717) is 23.8 Å². The summed E-state index contributed by atoms with van der Waals surface area (Å²) in [7, 11) is 0. The molecule has 1 aromatic heterocycles. The first-order valence-corrected chi connectivity index (χ1v) is 14.0. The summed E-state index contributed by atoms with van der Waals surface area (Å²) in [5.41, 5.74) is 8.93. The first-order chi connectivity index (χ1) is 19.9. The number of anilines is 5. The first kappa shape index (κ1) is 27.8. The van der Waals surface area contributed by atoms with E-state index in [1.807, 2.05) is 55.5 Å². The second-order valence-electron chi connectivity index (χ2n) is 10.5. The molecule has 3 aromatic carbocycles. The number of rotatable bonds is 9. The molecule has 0 saturated carbocycles. The van der Waals surface area contributed by atoms with Gasteiger partial charge in [0, 0.05) is 31.4 Å². The lowest BCUT2D eigenvalue weighted by Crippen LogP contribution is -2.35. The maximum absolute atomic E-state index is 11.3. The highest BCUT2D eigenvalue weighted by Crippen LogP contribution is 2.26. The van der Waals surface area contributed by atoms with Crippen molar-refractivity contribution in [2.75, 3.05) is 34.0 Å². The number of piperidine rings is 1. The van der Waals surface area contributed by atoms with Crippen LogP contribution >= 0.6 is 0 Å². The second kappa shape index (κ2) is 13.0. The number of nitrogens with one attached hydrogen (secondary N) is 3. The number of hydrogen-bond donors (Lipinski definition) is 3. The molecule has 41 heavy (non-hydrogen) atoms. The zero-order valence-corrected chi connectivity index (χ0v) is 23.8. The van der Waals surface area contributed by atoms with Crippen LogP contribution in [0.4, 0.5) is 29.2 Å². The van der Waals surface area contributed by atoms with Crippen molar-refractivity contribution in [3.8, 4) is 0 Å². The number of hydrogen-bond acceptors (Lipinski definition) is 8. The molecule has 5 rings (SSSR count). The van der Waals surface area contributed by atoms with E-state index in [1.54, 1.807) is 0 Å². The molecule has 0 spiro atoms. The SMILES string of the molecule is CC(=O)Nc1ccc(/C(C)=N/Nc2nc(Nc3ccc(C)cc3)nc(N3CCC(Cc4ccccc4)CC3)n2)cc1. The van der Waals surface area contributed by atoms with E-state index in [2.05, 4.69) is 68.3 Å². The fourth-order valence-electron chi connectivity index (χ4n) is 4.86. The normalized spacial score (nSPS) is 14.0. The molecule has 1 aliphatic rings. The van der Waals surface area contributed by atoms with Gasteiger partial charge in [0.2, 0.25) is 23.8 Å². The summed E-state index contributed by atoms with van der Waals surface area (Å²) in [6.07, 6.45) is 3.25. The smallest absolute Gasteiger partial charge is 0.250 e. The van der Waals surface area contributed by atoms with Crippen LogP contribution in [0.2, 0.25) is 0 Å². The molecule has 0 unspecified atom stereocenters. The lowest BCUT2D eigenvalue weighted by atomic mass is 9.90. The number of amides is 1. The van der Waals surface area contributed by atoms with E-state index < -0.39 is 0 Å². The molecule has 0 bridgehead atoms. The van der Waals surface area contributed by atoms with Crippen molar-refractivity contribution in [3.63, 3.8) is 0 Å². The van der Waals surface area contributed by atoms with Crippen LogP contribution in [0.15, 0.2) is 84.0 Å². The average molecular weight is 549 g/mol. The van der Waals surface area contributed by atoms with Crippen LogP contribution in [0.3, 0.4) is 0 Å². The van der Waals surface area contributed by atoms with Crippen molar-refractivity contribution in [1.29, 1.82) is 0 Å². The summed E-state index contributed by atoms with van der Waals surface area (Å²) in [6, 6.07) is 26.3. The minimum absolute atomic E-state index is 0.106. The Balaban J connectivity index is 1.32. The monoisotopic (exact) mass is 548 g/mol. The summed E-state index contributed by atoms with van der Waals surface area (Å²) in [4.78, 5) is 27.6. The van der Waals surface area contributed by atoms with Gasteiger partial charge >= 0.3 is 0 Å². The van der Waals surface area contributed by atoms with Crippen LogP contribution in [-0.4, -0.2) is 39.7 Å². The number of carbonyl (C=O) groups is 1. The lowest BCUT2D eigenvalue weighted by Gasteiger charge is -2.32. The average Bonchev–Trinajstić information content (AvgIpc) is 2.98. The minimum Gasteiger partial charge on any atom is -0.341 e. The largest absolute Gasteiger partial charge is 0.341 e. The molecule has 210 valence electrons. The molecule has 0 atom stereocenters. The number of carbonyl (C=O) groups excluding carboxylic acids is 1. The standard InChI is InChI=1S/C32H36N8O/c1-22-9-13-29(14-10-22)34-30-35-31(39-38-23(2)27-11-15-28(16-12-27)33-24(3)41)37-32(36-30)40-19-17-26(18-20-40)21-25-7-5-4-6-8-25/h4-16,26H,17-21H2,1-3H3,(H,33,41)(H2,34,35,36,37,39)/b38-23+. The van der Waals surface area contributed by atoms with Gasteiger partial charge in [-0.15, -0.1) is 0 Å². The molecular formula is C32H36N8O. The van der Waals surface area contributed by atoms with Crippen LogP contribution in [-0.2, 0) is 11.2 Å². The van der Waals surface area contributed by atoms with Crippen LogP contribution < -0.4 is 21.0 Å². The fourth-order valence-corrected chi connectivity index (χ4v) is 4.86. The number of benzene rings is 3. The minimum atomic E-state index is -0.106. The van der Waals surface area contributed by atoms with Gasteiger partial charge in [0.25, 0.3) is 0 Å². The number of aryl methyl sites for hydroxylation is 1. The molecule has 1 amide bonds. The van der Waals surface area contributed by atoms with Crippen molar-refractivity contribution >= 4 is 40.8 Å². The summed E-state index contributed by atoms with van der Waals surface area (Å²) in [5, 5.41) is 10.6. The van der Waals surface area contributed by atoms with Gasteiger partial charge in [-0.25, -0.2) is 5.43 Å². The van der Waals surface area contributed by atoms with Gasteiger partial charge in [-0.3, -0.25) is 4.79 Å². The van der Waals surface area contributed by atoms with Crippen molar-refractivity contribution in [2.45, 2.75) is 40.0 Å². The van der Waals surface area contributed by atoms with Crippen LogP contribution in [0.1, 0.15) is 43.4 Å². The Hall–Kier alpha value is -4.79. The molecule has 0 radical (unpaired) electrons. The van der Waals surface area contributed by atoms with E-state index >= 15 is 0 Å². The van der Waals surface area contributed by atoms with Gasteiger partial charge in [-0.2, -0.15) is 20.1 Å². The van der Waals surface area contributed by atoms with Gasteiger partial charge in [0.1, 0.15) is 0 Å². The van der Waals surface area contributed by atoms with Gasteiger partial charge < -0.3 is 15.5 Å². The highest BCUT2D eigenvalue weighted by Gasteiger charge is 2.22. The number of hydrazone groups is 1. The number of aromatic nitrogens is 3. The molecule has 1 fully saturated rings. The third-order valence-corrected chi connectivity index (χ3v) is 7.14. The maximum atomic E-state index is 11.3. The van der Waals surface area contributed by atoms with E-state index in [9.17, 15) is 4.79 Å². The highest BCUT2D eigenvalue weighted by molar-refractivity contribution is 5.99. The van der Waals surface area contributed by atoms with Crippen molar-refractivity contribution in [3.05, 3.63) is 95.6 Å². The first-order valence-electron chi connectivity index (χ1n) is 14.0. The molecule has 1 saturated heterocycles. The number of nitrogens with zero attached hydrogens (tertiary/aromatic N) is 5. The molecule has 4 aromatic rings. The molecule has 9 heteroatoms. The third kappa shape index (κ3) is 7.88. The Morgan fingerprint density at radius 1 is 0.854 bits per heavy atom. The summed E-state index contributed by atoms with van der Waals surface area (Å²) < 4.78 is 0. The third-order valence-electron chi connectivity index (χ3n) is 7.14. The van der Waals surface area contributed by atoms with Crippen LogP contribution in [0.5, 0.6) is 0 Å². The van der Waals surface area contributed by atoms with E-state index in [1.165, 1.54) is 18.1 Å². The molecular weight excluding hydrogens is 512 g/mol. The van der Waals surface area contributed by atoms with Gasteiger partial charge in [-0.05, 0) is 74.4 Å². The van der Waals surface area contributed by atoms with Crippen molar-refractivity contribution in [1.82, 2.24) is 15.0 Å². The summed E-state index contributed by atoms with van der Waals surface area (Å²) in [5.74, 6) is 1.99. The van der Waals surface area contributed by atoms with E-state index in [0.717, 1.165) is 55.0 Å². The maximum Gasteiger partial charge on any atom is 0.250 e. The Kier molecular flexibility index (Phi) is 8.83. The van der Waals surface area contributed by atoms with E-state index in [-0.39, 0.29) is 5.91 Å². The van der Waals surface area contributed by atoms with Crippen molar-refractivity contribution in [2.24, 2.45) is 11.0 Å². The molecule has 2 heterocycles. The quantitative estimate of drug-likeness (QED) is 0.169. The van der Waals surface area contributed by atoms with Crippen molar-refractivity contribution < 1.29 is 4.79 Å². The highest BCUT2D eigenvalue weighted by atomic mass is 16.1. The summed E-state index contributed by atoms with van der Waals surface area (Å²) >= 11 is 0. The predicted octanol–water partition coefficient (Wildman–Crippen LogP) is 6.18. The molecule has 3 N–H and O–H groups in total. The predicted molar refractivity (Wildman–Crippen MR) is 166 cm³/mol.